The van der Waals surface area contributed by atoms with E-state index >= 15 is 0 Å². The predicted octanol–water partition coefficient (Wildman–Crippen LogP) is 1.58. The number of benzene rings is 1. The highest BCUT2D eigenvalue weighted by atomic mass is 16.5. The monoisotopic (exact) mass is 234 g/mol. The third kappa shape index (κ3) is 2.42. The van der Waals surface area contributed by atoms with Crippen molar-refractivity contribution in [3.63, 3.8) is 0 Å². The molecule has 0 radical (unpaired) electrons. The molecule has 0 saturated heterocycles. The van der Waals surface area contributed by atoms with Gasteiger partial charge >= 0.3 is 0 Å². The van der Waals surface area contributed by atoms with E-state index in [-0.39, 0.29) is 12.5 Å². The fraction of sp³-hybridized carbons (Fsp3) is 0.462. The highest BCUT2D eigenvalue weighted by Crippen LogP contribution is 2.33. The number of carbonyl (C=O) groups excluding carboxylic acids is 1. The summed E-state index contributed by atoms with van der Waals surface area (Å²) in [6, 6.07) is 5.78. The zero-order chi connectivity index (χ0) is 12.3. The Morgan fingerprint density at radius 1 is 1.53 bits per heavy atom. The fourth-order valence-electron chi connectivity index (χ4n) is 2.12. The summed E-state index contributed by atoms with van der Waals surface area (Å²) in [5.74, 6) is -0.00454. The van der Waals surface area contributed by atoms with Gasteiger partial charge in [-0.2, -0.15) is 0 Å². The van der Waals surface area contributed by atoms with Crippen LogP contribution in [0.25, 0.3) is 0 Å². The molecule has 1 aliphatic rings. The Morgan fingerprint density at radius 3 is 3.12 bits per heavy atom. The van der Waals surface area contributed by atoms with Gasteiger partial charge in [-0.3, -0.25) is 4.79 Å². The first kappa shape index (κ1) is 11.9. The van der Waals surface area contributed by atoms with Crippen LogP contribution < -0.4 is 10.6 Å². The minimum Gasteiger partial charge on any atom is -0.397 e. The lowest BCUT2D eigenvalue weighted by Crippen LogP contribution is -2.32. The second kappa shape index (κ2) is 5.19. The molecule has 0 unspecified atom stereocenters. The summed E-state index contributed by atoms with van der Waals surface area (Å²) < 4.78 is 5.28. The Hall–Kier alpha value is -1.55. The number of nitrogen functional groups attached to an aromatic ring is 1. The number of amides is 1. The third-order valence-corrected chi connectivity index (χ3v) is 2.90. The summed E-state index contributed by atoms with van der Waals surface area (Å²) in [4.78, 5) is 13.7. The minimum absolute atomic E-state index is 0.00454. The Morgan fingerprint density at radius 2 is 2.35 bits per heavy atom. The summed E-state index contributed by atoms with van der Waals surface area (Å²) in [6.45, 7) is 3.49. The Labute approximate surface area is 101 Å². The van der Waals surface area contributed by atoms with Crippen molar-refractivity contribution < 1.29 is 9.53 Å². The van der Waals surface area contributed by atoms with E-state index in [0.717, 1.165) is 24.1 Å². The molecule has 1 heterocycles. The number of rotatable bonds is 4. The molecule has 1 aromatic carbocycles. The number of anilines is 2. The molecule has 2 rings (SSSR count). The first-order valence-electron chi connectivity index (χ1n) is 5.99. The van der Waals surface area contributed by atoms with Gasteiger partial charge < -0.3 is 15.4 Å². The van der Waals surface area contributed by atoms with Gasteiger partial charge in [0.25, 0.3) is 5.91 Å². The molecule has 17 heavy (non-hydrogen) atoms. The third-order valence-electron chi connectivity index (χ3n) is 2.90. The zero-order valence-corrected chi connectivity index (χ0v) is 10.1. The van der Waals surface area contributed by atoms with Crippen molar-refractivity contribution in [3.05, 3.63) is 23.8 Å². The summed E-state index contributed by atoms with van der Waals surface area (Å²) in [5.41, 5.74) is 8.61. The lowest BCUT2D eigenvalue weighted by Gasteiger charge is -2.18. The largest absolute Gasteiger partial charge is 0.397 e. The molecule has 0 aliphatic carbocycles. The lowest BCUT2D eigenvalue weighted by atomic mass is 10.1. The van der Waals surface area contributed by atoms with Gasteiger partial charge in [-0.25, -0.2) is 0 Å². The van der Waals surface area contributed by atoms with Gasteiger partial charge in [0, 0.05) is 13.2 Å². The number of hydrogen-bond acceptors (Lipinski definition) is 3. The van der Waals surface area contributed by atoms with Crippen LogP contribution in [0.5, 0.6) is 0 Å². The maximum absolute atomic E-state index is 12.0. The van der Waals surface area contributed by atoms with E-state index in [1.165, 1.54) is 0 Å². The zero-order valence-electron chi connectivity index (χ0n) is 10.1. The number of nitrogens with two attached hydrogens (primary N) is 1. The average molecular weight is 234 g/mol. The van der Waals surface area contributed by atoms with Crippen molar-refractivity contribution in [2.45, 2.75) is 19.8 Å². The van der Waals surface area contributed by atoms with Crippen molar-refractivity contribution in [3.8, 4) is 0 Å². The molecule has 0 aromatic heterocycles. The molecule has 0 saturated carbocycles. The van der Waals surface area contributed by atoms with E-state index in [4.69, 9.17) is 10.5 Å². The van der Waals surface area contributed by atoms with Gasteiger partial charge in [0.2, 0.25) is 0 Å². The van der Waals surface area contributed by atoms with E-state index in [2.05, 4.69) is 0 Å². The van der Waals surface area contributed by atoms with Crippen molar-refractivity contribution >= 4 is 17.3 Å². The minimum atomic E-state index is -0.00454. The van der Waals surface area contributed by atoms with Gasteiger partial charge in [-0.15, -0.1) is 0 Å². The molecule has 1 aromatic rings. The molecular formula is C13H18N2O2. The van der Waals surface area contributed by atoms with Gasteiger partial charge in [0.15, 0.2) is 0 Å². The van der Waals surface area contributed by atoms with Crippen LogP contribution in [0.4, 0.5) is 11.4 Å². The van der Waals surface area contributed by atoms with E-state index in [1.54, 1.807) is 4.90 Å². The number of nitrogens with zero attached hydrogens (tertiary/aromatic N) is 1. The molecule has 0 bridgehead atoms. The number of ether oxygens (including phenoxy) is 1. The van der Waals surface area contributed by atoms with Crippen LogP contribution in [0.1, 0.15) is 18.9 Å². The predicted molar refractivity (Wildman–Crippen MR) is 68.0 cm³/mol. The molecule has 0 fully saturated rings. The number of carbonyl (C=O) groups is 1. The van der Waals surface area contributed by atoms with Crippen LogP contribution >= 0.6 is 0 Å². The van der Waals surface area contributed by atoms with Crippen LogP contribution in [-0.4, -0.2) is 25.7 Å². The molecule has 0 atom stereocenters. The van der Waals surface area contributed by atoms with Crippen LogP contribution in [0.3, 0.4) is 0 Å². The van der Waals surface area contributed by atoms with E-state index in [0.29, 0.717) is 18.8 Å². The topological polar surface area (TPSA) is 55.6 Å². The van der Waals surface area contributed by atoms with Crippen LogP contribution in [-0.2, 0) is 16.0 Å². The molecule has 4 heteroatoms. The number of para-hydroxylation sites is 1. The summed E-state index contributed by atoms with van der Waals surface area (Å²) >= 11 is 0. The molecule has 0 spiro atoms. The standard InChI is InChI=1S/C13H18N2O2/c1-2-8-17-9-12(16)15-7-6-10-4-3-5-11(14)13(10)15/h3-5H,2,6-9,14H2,1H3. The Balaban J connectivity index is 2.08. The van der Waals surface area contributed by atoms with Crippen molar-refractivity contribution in [2.75, 3.05) is 30.4 Å². The Kier molecular flexibility index (Phi) is 3.64. The number of fused-ring (bicyclic) bond motifs is 1. The summed E-state index contributed by atoms with van der Waals surface area (Å²) in [5, 5.41) is 0. The van der Waals surface area contributed by atoms with E-state index in [1.807, 2.05) is 25.1 Å². The first-order valence-corrected chi connectivity index (χ1v) is 5.99. The second-order valence-electron chi connectivity index (χ2n) is 4.20. The van der Waals surface area contributed by atoms with Crippen molar-refractivity contribution in [1.29, 1.82) is 0 Å². The summed E-state index contributed by atoms with van der Waals surface area (Å²) in [6.07, 6.45) is 1.80. The Bertz CT molecular complexity index is 418. The lowest BCUT2D eigenvalue weighted by molar-refractivity contribution is -0.123. The smallest absolute Gasteiger partial charge is 0.253 e. The average Bonchev–Trinajstić information content (AvgIpc) is 2.74. The van der Waals surface area contributed by atoms with Gasteiger partial charge in [-0.1, -0.05) is 19.1 Å². The normalized spacial score (nSPS) is 13.8. The molecule has 4 nitrogen and oxygen atoms in total. The van der Waals surface area contributed by atoms with Gasteiger partial charge in [0.1, 0.15) is 6.61 Å². The fourth-order valence-corrected chi connectivity index (χ4v) is 2.12. The number of hydrogen-bond donors (Lipinski definition) is 1. The second-order valence-corrected chi connectivity index (χ2v) is 4.20. The van der Waals surface area contributed by atoms with E-state index in [9.17, 15) is 4.79 Å². The SMILES string of the molecule is CCCOCC(=O)N1CCc2cccc(N)c21. The molecular weight excluding hydrogens is 216 g/mol. The van der Waals surface area contributed by atoms with E-state index < -0.39 is 0 Å². The summed E-state index contributed by atoms with van der Waals surface area (Å²) in [7, 11) is 0. The van der Waals surface area contributed by atoms with Crippen LogP contribution in [0, 0.1) is 0 Å². The maximum atomic E-state index is 12.0. The molecule has 92 valence electrons. The van der Waals surface area contributed by atoms with Crippen molar-refractivity contribution in [1.82, 2.24) is 0 Å². The quantitative estimate of drug-likeness (QED) is 0.635. The highest BCUT2D eigenvalue weighted by Gasteiger charge is 2.26. The maximum Gasteiger partial charge on any atom is 0.253 e. The molecule has 1 aliphatic heterocycles. The van der Waals surface area contributed by atoms with Gasteiger partial charge in [0.05, 0.1) is 11.4 Å². The molecule has 1 amide bonds. The van der Waals surface area contributed by atoms with Crippen molar-refractivity contribution in [2.24, 2.45) is 0 Å². The van der Waals surface area contributed by atoms with Crippen LogP contribution in [0.2, 0.25) is 0 Å². The first-order chi connectivity index (χ1) is 8.24. The van der Waals surface area contributed by atoms with Crippen LogP contribution in [0.15, 0.2) is 18.2 Å². The molecule has 2 N–H and O–H groups in total. The van der Waals surface area contributed by atoms with Gasteiger partial charge in [-0.05, 0) is 24.5 Å². The highest BCUT2D eigenvalue weighted by molar-refractivity contribution is 5.99.